The standard InChI is InChI=1S/C30H32F2N4O7/c1-16-9-10-30(12-23(41-2)34-43-30)22-15-35(16)28(39)24-26(42-29(40)17-5-3-4-6-17)25(37)20(14-36(22)24)27(38)33-13-18-7-8-19(31)11-21(18)32/h7-8,11,14,16-17,22H,3-6,9-10,12-13,15H2,1-2H3,(H,33,38)/t16-,22+,30-/m0/s1. The Morgan fingerprint density at radius 1 is 1.19 bits per heavy atom. The van der Waals surface area contributed by atoms with Gasteiger partial charge in [-0.3, -0.25) is 19.2 Å². The summed E-state index contributed by atoms with van der Waals surface area (Å²) in [6.07, 6.45) is 5.50. The number of nitrogens with one attached hydrogen (secondary N) is 1. The first-order valence-corrected chi connectivity index (χ1v) is 14.4. The van der Waals surface area contributed by atoms with Crippen LogP contribution in [0.3, 0.4) is 0 Å². The maximum absolute atomic E-state index is 14.3. The molecule has 4 aliphatic rings. The van der Waals surface area contributed by atoms with E-state index in [-0.39, 0.29) is 36.8 Å². The number of amides is 2. The Hall–Kier alpha value is -4.29. The molecule has 1 aromatic carbocycles. The lowest BCUT2D eigenvalue weighted by molar-refractivity contribution is -0.138. The summed E-state index contributed by atoms with van der Waals surface area (Å²) < 4.78 is 40.2. The van der Waals surface area contributed by atoms with Gasteiger partial charge in [-0.2, -0.15) is 0 Å². The van der Waals surface area contributed by atoms with Gasteiger partial charge >= 0.3 is 5.97 Å². The average Bonchev–Trinajstić information content (AvgIpc) is 3.65. The molecule has 1 aliphatic carbocycles. The maximum atomic E-state index is 14.3. The van der Waals surface area contributed by atoms with Crippen LogP contribution in [0.4, 0.5) is 8.78 Å². The van der Waals surface area contributed by atoms with Crippen LogP contribution in [0.2, 0.25) is 0 Å². The number of aromatic nitrogens is 1. The first kappa shape index (κ1) is 28.8. The number of halogens is 2. The number of ether oxygens (including phenoxy) is 2. The van der Waals surface area contributed by atoms with E-state index < -0.39 is 63.7 Å². The predicted molar refractivity (Wildman–Crippen MR) is 147 cm³/mol. The van der Waals surface area contributed by atoms with Gasteiger partial charge in [0.1, 0.15) is 17.2 Å². The number of pyridine rings is 1. The van der Waals surface area contributed by atoms with Gasteiger partial charge in [0.2, 0.25) is 17.1 Å². The zero-order valence-corrected chi connectivity index (χ0v) is 23.9. The van der Waals surface area contributed by atoms with E-state index in [4.69, 9.17) is 14.3 Å². The lowest BCUT2D eigenvalue weighted by Crippen LogP contribution is -2.52. The summed E-state index contributed by atoms with van der Waals surface area (Å²) in [5.41, 5.74) is -2.44. The number of esters is 1. The second-order valence-corrected chi connectivity index (χ2v) is 11.7. The Labute approximate surface area is 245 Å². The monoisotopic (exact) mass is 598 g/mol. The van der Waals surface area contributed by atoms with Crippen molar-refractivity contribution >= 4 is 23.7 Å². The van der Waals surface area contributed by atoms with Crippen LogP contribution in [0.1, 0.15) is 84.3 Å². The molecule has 1 aromatic heterocycles. The number of fused-ring (bicyclic) bond motifs is 5. The number of carbonyl (C=O) groups excluding carboxylic acids is 3. The highest BCUT2D eigenvalue weighted by atomic mass is 19.1. The van der Waals surface area contributed by atoms with Gasteiger partial charge in [0.25, 0.3) is 11.8 Å². The van der Waals surface area contributed by atoms with Gasteiger partial charge in [-0.1, -0.05) is 24.1 Å². The number of oxime groups is 1. The zero-order chi connectivity index (χ0) is 30.5. The fourth-order valence-corrected chi connectivity index (χ4v) is 6.55. The number of nitrogens with zero attached hydrogens (tertiary/aromatic N) is 3. The molecule has 1 spiro atoms. The molecule has 1 N–H and O–H groups in total. The van der Waals surface area contributed by atoms with Crippen molar-refractivity contribution in [3.63, 3.8) is 0 Å². The molecule has 0 unspecified atom stereocenters. The summed E-state index contributed by atoms with van der Waals surface area (Å²) in [7, 11) is 1.48. The zero-order valence-electron chi connectivity index (χ0n) is 23.9. The molecule has 3 aliphatic heterocycles. The number of hydrogen-bond donors (Lipinski definition) is 1. The van der Waals surface area contributed by atoms with Crippen molar-refractivity contribution in [2.45, 2.75) is 76.1 Å². The van der Waals surface area contributed by atoms with Gasteiger partial charge in [-0.15, -0.1) is 0 Å². The van der Waals surface area contributed by atoms with Crippen molar-refractivity contribution in [2.75, 3.05) is 13.7 Å². The van der Waals surface area contributed by atoms with E-state index in [9.17, 15) is 28.0 Å². The van der Waals surface area contributed by atoms with Crippen LogP contribution in [0, 0.1) is 17.6 Å². The molecule has 1 saturated carbocycles. The minimum absolute atomic E-state index is 0.00632. The third kappa shape index (κ3) is 5.04. The van der Waals surface area contributed by atoms with Gasteiger partial charge in [-0.05, 0) is 38.7 Å². The van der Waals surface area contributed by atoms with Gasteiger partial charge in [0.15, 0.2) is 11.3 Å². The fraction of sp³-hybridized carbons (Fsp3) is 0.500. The first-order valence-electron chi connectivity index (χ1n) is 14.4. The summed E-state index contributed by atoms with van der Waals surface area (Å²) >= 11 is 0. The highest BCUT2D eigenvalue weighted by molar-refractivity contribution is 6.00. The van der Waals surface area contributed by atoms with Crippen molar-refractivity contribution in [3.8, 4) is 5.75 Å². The van der Waals surface area contributed by atoms with Gasteiger partial charge < -0.3 is 29.1 Å². The van der Waals surface area contributed by atoms with Crippen molar-refractivity contribution in [3.05, 3.63) is 63.1 Å². The Balaban J connectivity index is 1.45. The molecule has 228 valence electrons. The molecule has 2 amide bonds. The molecule has 3 atom stereocenters. The summed E-state index contributed by atoms with van der Waals surface area (Å²) in [6, 6.07) is 2.10. The second-order valence-electron chi connectivity index (χ2n) is 11.7. The number of hydrogen-bond acceptors (Lipinski definition) is 8. The van der Waals surface area contributed by atoms with E-state index in [1.807, 2.05) is 6.92 Å². The molecule has 0 radical (unpaired) electrons. The van der Waals surface area contributed by atoms with E-state index in [1.54, 1.807) is 4.90 Å². The van der Waals surface area contributed by atoms with Crippen LogP contribution in [0.5, 0.6) is 5.75 Å². The highest BCUT2D eigenvalue weighted by Gasteiger charge is 2.55. The van der Waals surface area contributed by atoms with E-state index >= 15 is 0 Å². The molecular weight excluding hydrogens is 566 g/mol. The van der Waals surface area contributed by atoms with E-state index in [1.165, 1.54) is 23.9 Å². The molecule has 1 saturated heterocycles. The average molecular weight is 599 g/mol. The van der Waals surface area contributed by atoms with Crippen LogP contribution < -0.4 is 15.5 Å². The minimum Gasteiger partial charge on any atom is -0.482 e. The van der Waals surface area contributed by atoms with E-state index in [0.29, 0.717) is 37.6 Å². The summed E-state index contributed by atoms with van der Waals surface area (Å²) in [4.78, 5) is 62.1. The van der Waals surface area contributed by atoms with Gasteiger partial charge in [0, 0.05) is 37.0 Å². The lowest BCUT2D eigenvalue weighted by atomic mass is 9.85. The Bertz CT molecular complexity index is 1580. The smallest absolute Gasteiger partial charge is 0.314 e. The molecule has 2 fully saturated rings. The van der Waals surface area contributed by atoms with Gasteiger partial charge in [-0.25, -0.2) is 8.78 Å². The molecule has 4 heterocycles. The van der Waals surface area contributed by atoms with Crippen molar-refractivity contribution in [1.82, 2.24) is 14.8 Å². The second kappa shape index (κ2) is 11.1. The molecule has 2 aromatic rings. The highest BCUT2D eigenvalue weighted by Crippen LogP contribution is 2.46. The normalized spacial score (nSPS) is 24.7. The summed E-state index contributed by atoms with van der Waals surface area (Å²) in [6.45, 7) is 1.75. The lowest BCUT2D eigenvalue weighted by Gasteiger charge is -2.42. The maximum Gasteiger partial charge on any atom is 0.314 e. The van der Waals surface area contributed by atoms with Crippen LogP contribution in [-0.4, -0.2) is 58.4 Å². The molecule has 43 heavy (non-hydrogen) atoms. The Morgan fingerprint density at radius 2 is 1.95 bits per heavy atom. The molecule has 11 nitrogen and oxygen atoms in total. The number of carbonyl (C=O) groups is 3. The van der Waals surface area contributed by atoms with Gasteiger partial charge in [0.05, 0.1) is 25.5 Å². The van der Waals surface area contributed by atoms with Crippen LogP contribution in [0.25, 0.3) is 0 Å². The third-order valence-electron chi connectivity index (χ3n) is 9.09. The number of methoxy groups -OCH3 is 1. The molecular formula is C30H32F2N4O7. The van der Waals surface area contributed by atoms with Crippen LogP contribution >= 0.6 is 0 Å². The fourth-order valence-electron chi connectivity index (χ4n) is 6.55. The quantitative estimate of drug-likeness (QED) is 0.522. The summed E-state index contributed by atoms with van der Waals surface area (Å²) in [5, 5.41) is 6.60. The van der Waals surface area contributed by atoms with Crippen LogP contribution in [-0.2, 0) is 20.9 Å². The Morgan fingerprint density at radius 3 is 2.65 bits per heavy atom. The first-order chi connectivity index (χ1) is 20.6. The molecule has 13 heteroatoms. The molecule has 2 bridgehead atoms. The van der Waals surface area contributed by atoms with Crippen molar-refractivity contribution < 1.29 is 37.5 Å². The predicted octanol–water partition coefficient (Wildman–Crippen LogP) is 3.45. The number of benzene rings is 1. The SMILES string of the molecule is COC1=NO[C@@]2(CC[C@H](C)N3C[C@H]2n2cc(C(=O)NCc4ccc(F)cc4F)c(=O)c(OC(=O)C4CCCC4)c2C3=O)C1. The number of rotatable bonds is 5. The summed E-state index contributed by atoms with van der Waals surface area (Å²) in [5.74, 6) is -4.23. The Kier molecular flexibility index (Phi) is 7.43. The minimum atomic E-state index is -0.962. The van der Waals surface area contributed by atoms with Crippen molar-refractivity contribution in [2.24, 2.45) is 11.1 Å². The largest absolute Gasteiger partial charge is 0.482 e. The topological polar surface area (TPSA) is 129 Å². The van der Waals surface area contributed by atoms with E-state index in [2.05, 4.69) is 10.5 Å². The molecule has 6 rings (SSSR count). The van der Waals surface area contributed by atoms with Crippen molar-refractivity contribution in [1.29, 1.82) is 0 Å². The van der Waals surface area contributed by atoms with E-state index in [0.717, 1.165) is 18.9 Å². The van der Waals surface area contributed by atoms with Crippen LogP contribution in [0.15, 0.2) is 34.3 Å². The third-order valence-corrected chi connectivity index (χ3v) is 9.09.